The Morgan fingerprint density at radius 1 is 1.18 bits per heavy atom. The number of aliphatic carboxylic acids is 1. The molecule has 6 heteroatoms. The van der Waals surface area contributed by atoms with Crippen molar-refractivity contribution in [2.45, 2.75) is 13.3 Å². The summed E-state index contributed by atoms with van der Waals surface area (Å²) in [4.78, 5) is 23.9. The summed E-state index contributed by atoms with van der Waals surface area (Å²) in [7, 11) is 1.56. The molecule has 0 bridgehead atoms. The van der Waals surface area contributed by atoms with E-state index in [2.05, 4.69) is 5.32 Å². The van der Waals surface area contributed by atoms with Crippen molar-refractivity contribution < 1.29 is 19.4 Å². The van der Waals surface area contributed by atoms with Crippen LogP contribution in [0.5, 0.6) is 5.75 Å². The molecule has 1 aliphatic carbocycles. The van der Waals surface area contributed by atoms with Gasteiger partial charge in [-0.25, -0.2) is 0 Å². The fourth-order valence-electron chi connectivity index (χ4n) is 2.89. The highest BCUT2D eigenvalue weighted by atomic mass is 16.5. The number of amides is 1. The van der Waals surface area contributed by atoms with Gasteiger partial charge in [0, 0.05) is 5.56 Å². The molecule has 0 spiro atoms. The van der Waals surface area contributed by atoms with Gasteiger partial charge in [-0.15, -0.1) is 0 Å². The number of carboxylic acid groups (broad SMARTS) is 1. The summed E-state index contributed by atoms with van der Waals surface area (Å²) in [6.07, 6.45) is 5.76. The van der Waals surface area contributed by atoms with Gasteiger partial charge >= 0.3 is 5.97 Å². The van der Waals surface area contributed by atoms with Crippen molar-refractivity contribution in [3.8, 4) is 5.75 Å². The molecule has 0 saturated heterocycles. The van der Waals surface area contributed by atoms with Crippen LogP contribution in [-0.4, -0.2) is 24.1 Å². The molecule has 0 aromatic heterocycles. The van der Waals surface area contributed by atoms with E-state index in [-0.39, 0.29) is 5.91 Å². The first-order valence-electron chi connectivity index (χ1n) is 8.80. The number of anilines is 2. The summed E-state index contributed by atoms with van der Waals surface area (Å²) < 4.78 is 5.10. The molecule has 0 fully saturated rings. The fourth-order valence-corrected chi connectivity index (χ4v) is 2.89. The quantitative estimate of drug-likeness (QED) is 0.684. The number of rotatable bonds is 5. The number of carboxylic acids is 1. The Labute approximate surface area is 163 Å². The van der Waals surface area contributed by atoms with Gasteiger partial charge in [0.15, 0.2) is 0 Å². The van der Waals surface area contributed by atoms with Crippen LogP contribution in [0.25, 0.3) is 5.57 Å². The Bertz CT molecular complexity index is 977. The SMILES string of the molecule is COc1ccc(C(=O)Nc2cc(C3=CCC(C)(C(=O)O)C=C3)ccc2N)cc1. The van der Waals surface area contributed by atoms with Crippen molar-refractivity contribution in [3.63, 3.8) is 0 Å². The van der Waals surface area contributed by atoms with Crippen molar-refractivity contribution in [1.29, 1.82) is 0 Å². The third kappa shape index (κ3) is 3.91. The minimum absolute atomic E-state index is 0.280. The highest BCUT2D eigenvalue weighted by Gasteiger charge is 2.31. The third-order valence-electron chi connectivity index (χ3n) is 4.85. The molecule has 1 atom stereocenters. The van der Waals surface area contributed by atoms with Crippen LogP contribution >= 0.6 is 0 Å². The van der Waals surface area contributed by atoms with Crippen LogP contribution in [0.1, 0.15) is 29.3 Å². The predicted octanol–water partition coefficient (Wildman–Crippen LogP) is 3.96. The number of benzene rings is 2. The molecule has 1 amide bonds. The predicted molar refractivity (Wildman–Crippen MR) is 109 cm³/mol. The van der Waals surface area contributed by atoms with Crippen molar-refractivity contribution in [3.05, 3.63) is 71.8 Å². The minimum Gasteiger partial charge on any atom is -0.497 e. The first kappa shape index (κ1) is 19.2. The van der Waals surface area contributed by atoms with Gasteiger partial charge in [-0.1, -0.05) is 24.3 Å². The summed E-state index contributed by atoms with van der Waals surface area (Å²) in [5, 5.41) is 12.2. The molecule has 28 heavy (non-hydrogen) atoms. The third-order valence-corrected chi connectivity index (χ3v) is 4.85. The Balaban J connectivity index is 1.80. The van der Waals surface area contributed by atoms with Gasteiger partial charge in [-0.05, 0) is 60.9 Å². The summed E-state index contributed by atoms with van der Waals surface area (Å²) in [6, 6.07) is 12.1. The van der Waals surface area contributed by atoms with Crippen LogP contribution in [0.2, 0.25) is 0 Å². The molecular weight excluding hydrogens is 356 g/mol. The average molecular weight is 378 g/mol. The maximum Gasteiger partial charge on any atom is 0.313 e. The highest BCUT2D eigenvalue weighted by Crippen LogP contribution is 2.34. The number of nitrogens with two attached hydrogens (primary N) is 1. The number of carbonyl (C=O) groups excluding carboxylic acids is 1. The zero-order valence-corrected chi connectivity index (χ0v) is 15.7. The number of methoxy groups -OCH3 is 1. The molecule has 4 N–H and O–H groups in total. The van der Waals surface area contributed by atoms with Crippen LogP contribution < -0.4 is 15.8 Å². The number of nitrogens with one attached hydrogen (secondary N) is 1. The zero-order valence-electron chi connectivity index (χ0n) is 15.7. The summed E-state index contributed by atoms with van der Waals surface area (Å²) in [5.74, 6) is -0.468. The molecule has 144 valence electrons. The standard InChI is InChI=1S/C22H22N2O4/c1-22(21(26)27)11-9-14(10-12-22)16-5-8-18(23)19(13-16)24-20(25)15-3-6-17(28-2)7-4-15/h3-11,13H,12,23H2,1-2H3,(H,24,25)(H,26,27). The monoisotopic (exact) mass is 378 g/mol. The maximum absolute atomic E-state index is 12.5. The summed E-state index contributed by atoms with van der Waals surface area (Å²) in [6.45, 7) is 1.68. The Kier molecular flexibility index (Phi) is 5.22. The molecule has 0 heterocycles. The number of nitrogen functional groups attached to an aromatic ring is 1. The lowest BCUT2D eigenvalue weighted by Crippen LogP contribution is -2.25. The summed E-state index contributed by atoms with van der Waals surface area (Å²) in [5.41, 5.74) is 8.29. The molecule has 6 nitrogen and oxygen atoms in total. The van der Waals surface area contributed by atoms with Crippen LogP contribution in [0.3, 0.4) is 0 Å². The molecule has 0 radical (unpaired) electrons. The van der Waals surface area contributed by atoms with Gasteiger partial charge in [0.2, 0.25) is 0 Å². The number of carbonyl (C=O) groups is 2. The summed E-state index contributed by atoms with van der Waals surface area (Å²) >= 11 is 0. The Morgan fingerprint density at radius 2 is 1.89 bits per heavy atom. The van der Waals surface area contributed by atoms with E-state index in [1.54, 1.807) is 62.6 Å². The second-order valence-corrected chi connectivity index (χ2v) is 6.90. The smallest absolute Gasteiger partial charge is 0.313 e. The van der Waals surface area contributed by atoms with E-state index in [9.17, 15) is 14.7 Å². The topological polar surface area (TPSA) is 102 Å². The highest BCUT2D eigenvalue weighted by molar-refractivity contribution is 6.06. The van der Waals surface area contributed by atoms with E-state index in [1.807, 2.05) is 12.1 Å². The van der Waals surface area contributed by atoms with E-state index in [0.717, 1.165) is 11.1 Å². The van der Waals surface area contributed by atoms with Crippen molar-refractivity contribution in [2.24, 2.45) is 5.41 Å². The van der Waals surface area contributed by atoms with E-state index < -0.39 is 11.4 Å². The van der Waals surface area contributed by atoms with Gasteiger partial charge in [0.1, 0.15) is 5.75 Å². The van der Waals surface area contributed by atoms with Crippen LogP contribution in [0.4, 0.5) is 11.4 Å². The van der Waals surface area contributed by atoms with Gasteiger partial charge < -0.3 is 20.9 Å². The number of hydrogen-bond acceptors (Lipinski definition) is 4. The zero-order chi connectivity index (χ0) is 20.3. The molecule has 1 unspecified atom stereocenters. The van der Waals surface area contributed by atoms with Crippen LogP contribution in [0, 0.1) is 5.41 Å². The lowest BCUT2D eigenvalue weighted by molar-refractivity contribution is -0.145. The lowest BCUT2D eigenvalue weighted by atomic mass is 9.81. The van der Waals surface area contributed by atoms with Gasteiger partial charge in [0.05, 0.1) is 23.9 Å². The second kappa shape index (κ2) is 7.60. The fraction of sp³-hybridized carbons (Fsp3) is 0.182. The van der Waals surface area contributed by atoms with E-state index in [0.29, 0.717) is 29.1 Å². The van der Waals surface area contributed by atoms with Gasteiger partial charge in [-0.3, -0.25) is 9.59 Å². The van der Waals surface area contributed by atoms with Crippen molar-refractivity contribution in [1.82, 2.24) is 0 Å². The molecule has 0 saturated carbocycles. The van der Waals surface area contributed by atoms with Crippen LogP contribution in [-0.2, 0) is 4.79 Å². The molecule has 0 aliphatic heterocycles. The first-order valence-corrected chi connectivity index (χ1v) is 8.80. The van der Waals surface area contributed by atoms with Crippen molar-refractivity contribution in [2.75, 3.05) is 18.2 Å². The van der Waals surface area contributed by atoms with Gasteiger partial charge in [-0.2, -0.15) is 0 Å². The van der Waals surface area contributed by atoms with Gasteiger partial charge in [0.25, 0.3) is 5.91 Å². The Hall–Kier alpha value is -3.54. The Morgan fingerprint density at radius 3 is 2.46 bits per heavy atom. The van der Waals surface area contributed by atoms with Crippen LogP contribution in [0.15, 0.2) is 60.7 Å². The van der Waals surface area contributed by atoms with E-state index in [1.165, 1.54) is 0 Å². The largest absolute Gasteiger partial charge is 0.497 e. The second-order valence-electron chi connectivity index (χ2n) is 6.90. The lowest BCUT2D eigenvalue weighted by Gasteiger charge is -2.23. The maximum atomic E-state index is 12.5. The molecular formula is C22H22N2O4. The molecule has 3 rings (SSSR count). The molecule has 2 aromatic rings. The molecule has 2 aromatic carbocycles. The van der Waals surface area contributed by atoms with E-state index in [4.69, 9.17) is 10.5 Å². The number of hydrogen-bond donors (Lipinski definition) is 3. The molecule has 1 aliphatic rings. The number of ether oxygens (including phenoxy) is 1. The van der Waals surface area contributed by atoms with E-state index >= 15 is 0 Å². The minimum atomic E-state index is -0.900. The average Bonchev–Trinajstić information content (AvgIpc) is 2.70. The first-order chi connectivity index (χ1) is 13.3. The number of allylic oxidation sites excluding steroid dienone is 3. The van der Waals surface area contributed by atoms with Crippen molar-refractivity contribution >= 4 is 28.8 Å². The normalized spacial score (nSPS) is 18.3.